The quantitative estimate of drug-likeness (QED) is 0.597. The molecule has 0 fully saturated rings. The summed E-state index contributed by atoms with van der Waals surface area (Å²) < 4.78 is 5.69. The first-order valence-corrected chi connectivity index (χ1v) is 8.51. The van der Waals surface area contributed by atoms with Gasteiger partial charge in [-0.3, -0.25) is 20.4 Å². The van der Waals surface area contributed by atoms with Crippen LogP contribution in [0.5, 0.6) is 5.75 Å². The Morgan fingerprint density at radius 2 is 1.60 bits per heavy atom. The largest absolute Gasteiger partial charge is 0.493 e. The Hall–Kier alpha value is -2.82. The maximum atomic E-state index is 12.3. The standard InChI is InChI=1S/C20H24N2O3/c1-3-4-7-14-25-18-9-6-5-8-17(18)20(24)22-21-19(23)16-12-10-15(2)11-13-16/h5-6,8-13H,3-4,7,14H2,1-2H3,(H,21,23)(H,22,24). The predicted molar refractivity (Wildman–Crippen MR) is 97.6 cm³/mol. The third-order valence-corrected chi connectivity index (χ3v) is 3.74. The van der Waals surface area contributed by atoms with Crippen LogP contribution in [0, 0.1) is 6.92 Å². The fraction of sp³-hybridized carbons (Fsp3) is 0.300. The lowest BCUT2D eigenvalue weighted by atomic mass is 10.1. The van der Waals surface area contributed by atoms with E-state index >= 15 is 0 Å². The Balaban J connectivity index is 1.94. The normalized spacial score (nSPS) is 10.2. The van der Waals surface area contributed by atoms with Crippen LogP contribution in [0.25, 0.3) is 0 Å². The lowest BCUT2D eigenvalue weighted by Gasteiger charge is -2.12. The molecule has 0 aliphatic carbocycles. The number of amides is 2. The number of nitrogens with one attached hydrogen (secondary N) is 2. The summed E-state index contributed by atoms with van der Waals surface area (Å²) in [5.41, 5.74) is 6.80. The van der Waals surface area contributed by atoms with Gasteiger partial charge in [0.25, 0.3) is 11.8 Å². The number of unbranched alkanes of at least 4 members (excludes halogenated alkanes) is 2. The van der Waals surface area contributed by atoms with E-state index in [4.69, 9.17) is 4.74 Å². The summed E-state index contributed by atoms with van der Waals surface area (Å²) in [7, 11) is 0. The molecule has 0 aliphatic rings. The topological polar surface area (TPSA) is 67.4 Å². The molecule has 25 heavy (non-hydrogen) atoms. The highest BCUT2D eigenvalue weighted by atomic mass is 16.5. The van der Waals surface area contributed by atoms with Crippen LogP contribution in [0.15, 0.2) is 48.5 Å². The monoisotopic (exact) mass is 340 g/mol. The summed E-state index contributed by atoms with van der Waals surface area (Å²) in [6, 6.07) is 14.1. The summed E-state index contributed by atoms with van der Waals surface area (Å²) in [6.45, 7) is 4.63. The Morgan fingerprint density at radius 1 is 0.920 bits per heavy atom. The molecule has 0 unspecified atom stereocenters. The van der Waals surface area contributed by atoms with Crippen molar-refractivity contribution >= 4 is 11.8 Å². The molecule has 0 aliphatic heterocycles. The average Bonchev–Trinajstić information content (AvgIpc) is 2.64. The molecule has 2 N–H and O–H groups in total. The summed E-state index contributed by atoms with van der Waals surface area (Å²) >= 11 is 0. The zero-order valence-electron chi connectivity index (χ0n) is 14.7. The van der Waals surface area contributed by atoms with E-state index in [1.54, 1.807) is 30.3 Å². The van der Waals surface area contributed by atoms with E-state index in [-0.39, 0.29) is 5.91 Å². The molecule has 0 bridgehead atoms. The molecule has 2 aromatic rings. The molecule has 0 heterocycles. The van der Waals surface area contributed by atoms with Gasteiger partial charge in [-0.05, 0) is 37.6 Å². The molecule has 5 heteroatoms. The van der Waals surface area contributed by atoms with Crippen LogP contribution in [-0.2, 0) is 0 Å². The highest BCUT2D eigenvalue weighted by Crippen LogP contribution is 2.18. The van der Waals surface area contributed by atoms with Crippen LogP contribution in [0.2, 0.25) is 0 Å². The van der Waals surface area contributed by atoms with E-state index in [2.05, 4.69) is 17.8 Å². The van der Waals surface area contributed by atoms with Gasteiger partial charge in [-0.25, -0.2) is 0 Å². The maximum Gasteiger partial charge on any atom is 0.273 e. The molecule has 2 amide bonds. The van der Waals surface area contributed by atoms with Crippen molar-refractivity contribution in [1.29, 1.82) is 0 Å². The van der Waals surface area contributed by atoms with Crippen LogP contribution >= 0.6 is 0 Å². The Bertz CT molecular complexity index is 711. The first kappa shape index (κ1) is 18.5. The molecule has 2 aromatic carbocycles. The number of ether oxygens (including phenoxy) is 1. The molecule has 0 spiro atoms. The van der Waals surface area contributed by atoms with Crippen molar-refractivity contribution < 1.29 is 14.3 Å². The van der Waals surface area contributed by atoms with Crippen molar-refractivity contribution in [3.63, 3.8) is 0 Å². The van der Waals surface area contributed by atoms with E-state index in [1.807, 2.05) is 25.1 Å². The van der Waals surface area contributed by atoms with Crippen LogP contribution in [0.3, 0.4) is 0 Å². The second kappa shape index (κ2) is 9.47. The van der Waals surface area contributed by atoms with Gasteiger partial charge in [0.15, 0.2) is 0 Å². The molecule has 0 saturated carbocycles. The van der Waals surface area contributed by atoms with Crippen LogP contribution < -0.4 is 15.6 Å². The minimum absolute atomic E-state index is 0.366. The van der Waals surface area contributed by atoms with Gasteiger partial charge >= 0.3 is 0 Å². The molecular formula is C20H24N2O3. The SMILES string of the molecule is CCCCCOc1ccccc1C(=O)NNC(=O)c1ccc(C)cc1. The Kier molecular flexibility index (Phi) is 7.01. The zero-order chi connectivity index (χ0) is 18.1. The fourth-order valence-corrected chi connectivity index (χ4v) is 2.27. The zero-order valence-corrected chi connectivity index (χ0v) is 14.7. The van der Waals surface area contributed by atoms with Gasteiger partial charge in [0.1, 0.15) is 5.75 Å². The Morgan fingerprint density at radius 3 is 2.32 bits per heavy atom. The van der Waals surface area contributed by atoms with E-state index in [1.165, 1.54) is 0 Å². The van der Waals surface area contributed by atoms with Crippen LogP contribution in [0.1, 0.15) is 52.5 Å². The highest BCUT2D eigenvalue weighted by molar-refractivity contribution is 6.00. The smallest absolute Gasteiger partial charge is 0.273 e. The fourth-order valence-electron chi connectivity index (χ4n) is 2.27. The molecule has 132 valence electrons. The van der Waals surface area contributed by atoms with Gasteiger partial charge in [0.05, 0.1) is 12.2 Å². The highest BCUT2D eigenvalue weighted by Gasteiger charge is 2.13. The third-order valence-electron chi connectivity index (χ3n) is 3.74. The van der Waals surface area contributed by atoms with E-state index < -0.39 is 5.91 Å². The molecule has 2 rings (SSSR count). The number of hydrogen-bond donors (Lipinski definition) is 2. The number of hydrazine groups is 1. The van der Waals surface area contributed by atoms with Crippen molar-refractivity contribution in [2.45, 2.75) is 33.1 Å². The minimum Gasteiger partial charge on any atom is -0.493 e. The Labute approximate surface area is 148 Å². The first-order chi connectivity index (χ1) is 12.1. The minimum atomic E-state index is -0.411. The van der Waals surface area contributed by atoms with Gasteiger partial charge in [-0.15, -0.1) is 0 Å². The second-order valence-electron chi connectivity index (χ2n) is 5.83. The van der Waals surface area contributed by atoms with Crippen molar-refractivity contribution in [3.05, 3.63) is 65.2 Å². The first-order valence-electron chi connectivity index (χ1n) is 8.51. The second-order valence-corrected chi connectivity index (χ2v) is 5.83. The van der Waals surface area contributed by atoms with Gasteiger partial charge in [0, 0.05) is 5.56 Å². The summed E-state index contributed by atoms with van der Waals surface area (Å²) in [5, 5.41) is 0. The summed E-state index contributed by atoms with van der Waals surface area (Å²) in [6.07, 6.45) is 3.13. The number of hydrogen-bond acceptors (Lipinski definition) is 3. The van der Waals surface area contributed by atoms with Crippen molar-refractivity contribution in [2.75, 3.05) is 6.61 Å². The summed E-state index contributed by atoms with van der Waals surface area (Å²) in [4.78, 5) is 24.4. The lowest BCUT2D eigenvalue weighted by Crippen LogP contribution is -2.41. The number of rotatable bonds is 7. The van der Waals surface area contributed by atoms with Gasteiger partial charge < -0.3 is 4.74 Å². The average molecular weight is 340 g/mol. The molecule has 0 aromatic heterocycles. The van der Waals surface area contributed by atoms with Crippen molar-refractivity contribution in [2.24, 2.45) is 0 Å². The summed E-state index contributed by atoms with van der Waals surface area (Å²) in [5.74, 6) is -0.262. The van der Waals surface area contributed by atoms with Crippen molar-refractivity contribution in [1.82, 2.24) is 10.9 Å². The number of benzene rings is 2. The number of para-hydroxylation sites is 1. The number of aryl methyl sites for hydroxylation is 1. The van der Waals surface area contributed by atoms with Gasteiger partial charge in [-0.1, -0.05) is 49.6 Å². The molecule has 5 nitrogen and oxygen atoms in total. The van der Waals surface area contributed by atoms with Crippen LogP contribution in [-0.4, -0.2) is 18.4 Å². The maximum absolute atomic E-state index is 12.3. The molecule has 0 saturated heterocycles. The lowest BCUT2D eigenvalue weighted by molar-refractivity contribution is 0.0844. The number of carbonyl (C=O) groups is 2. The molecule has 0 atom stereocenters. The van der Waals surface area contributed by atoms with Crippen molar-refractivity contribution in [3.8, 4) is 5.75 Å². The predicted octanol–water partition coefficient (Wildman–Crippen LogP) is 3.64. The van der Waals surface area contributed by atoms with E-state index in [0.717, 1.165) is 24.8 Å². The van der Waals surface area contributed by atoms with Gasteiger partial charge in [-0.2, -0.15) is 0 Å². The van der Waals surface area contributed by atoms with Gasteiger partial charge in [0.2, 0.25) is 0 Å². The molecule has 0 radical (unpaired) electrons. The third kappa shape index (κ3) is 5.64. The molecular weight excluding hydrogens is 316 g/mol. The van der Waals surface area contributed by atoms with E-state index in [0.29, 0.717) is 23.5 Å². The van der Waals surface area contributed by atoms with E-state index in [9.17, 15) is 9.59 Å². The van der Waals surface area contributed by atoms with Crippen LogP contribution in [0.4, 0.5) is 0 Å². The number of carbonyl (C=O) groups excluding carboxylic acids is 2.